The van der Waals surface area contributed by atoms with Crippen molar-refractivity contribution in [2.45, 2.75) is 31.2 Å². The van der Waals surface area contributed by atoms with Crippen molar-refractivity contribution in [3.05, 3.63) is 35.9 Å². The molecule has 1 aromatic carbocycles. The van der Waals surface area contributed by atoms with Gasteiger partial charge in [-0.25, -0.2) is 4.98 Å². The zero-order valence-electron chi connectivity index (χ0n) is 16.0. The SMILES string of the molecule is C[C@]1(C(=O)Nc2cccc(N3CC[C@@H](O)C3)n2)COc2cc3c(cc21)OC(F)(F)O3. The Labute approximate surface area is 170 Å². The van der Waals surface area contributed by atoms with Gasteiger partial charge >= 0.3 is 6.29 Å². The highest BCUT2D eigenvalue weighted by atomic mass is 19.3. The molecule has 1 saturated heterocycles. The highest BCUT2D eigenvalue weighted by Crippen LogP contribution is 2.50. The smallest absolute Gasteiger partial charge is 0.492 e. The van der Waals surface area contributed by atoms with Crippen molar-refractivity contribution in [2.75, 3.05) is 29.9 Å². The number of aliphatic hydroxyl groups excluding tert-OH is 1. The second-order valence-electron chi connectivity index (χ2n) is 7.81. The van der Waals surface area contributed by atoms with Crippen LogP contribution in [0.1, 0.15) is 18.9 Å². The lowest BCUT2D eigenvalue weighted by Gasteiger charge is -2.22. The van der Waals surface area contributed by atoms with Gasteiger partial charge in [-0.3, -0.25) is 4.79 Å². The van der Waals surface area contributed by atoms with Crippen molar-refractivity contribution in [1.29, 1.82) is 0 Å². The molecule has 0 spiro atoms. The van der Waals surface area contributed by atoms with Gasteiger partial charge in [0.05, 0.1) is 6.10 Å². The van der Waals surface area contributed by atoms with Gasteiger partial charge in [0.2, 0.25) is 5.91 Å². The second-order valence-corrected chi connectivity index (χ2v) is 7.81. The molecule has 1 amide bonds. The van der Waals surface area contributed by atoms with Crippen LogP contribution >= 0.6 is 0 Å². The largest absolute Gasteiger partial charge is 0.586 e. The van der Waals surface area contributed by atoms with Gasteiger partial charge < -0.3 is 29.5 Å². The van der Waals surface area contributed by atoms with Crippen molar-refractivity contribution in [1.82, 2.24) is 4.98 Å². The lowest BCUT2D eigenvalue weighted by atomic mass is 9.83. The molecule has 10 heteroatoms. The van der Waals surface area contributed by atoms with Crippen LogP contribution in [0.25, 0.3) is 0 Å². The number of β-amino-alcohol motifs (C(OH)–C–C–N with tert-alkyl or cyclic N) is 1. The standard InChI is InChI=1S/C20H19F2N3O5/c1-19(10-28-13-8-15-14(7-12(13)19)29-20(21,22)30-15)18(27)24-16-3-2-4-17(23-16)25-6-5-11(26)9-25/h2-4,7-8,11,26H,5-6,9-10H2,1H3,(H,23,24,27)/t11-,19+/m1/s1. The Kier molecular flexibility index (Phi) is 4.04. The number of nitrogens with one attached hydrogen (secondary N) is 1. The Balaban J connectivity index is 1.38. The number of benzene rings is 1. The Morgan fingerprint density at radius 2 is 2.03 bits per heavy atom. The summed E-state index contributed by atoms with van der Waals surface area (Å²) in [7, 11) is 0. The average Bonchev–Trinajstić information content (AvgIpc) is 3.35. The van der Waals surface area contributed by atoms with Gasteiger partial charge in [0, 0.05) is 24.7 Å². The van der Waals surface area contributed by atoms with Crippen LogP contribution in [0.2, 0.25) is 0 Å². The van der Waals surface area contributed by atoms with Crippen molar-refractivity contribution >= 4 is 17.5 Å². The number of pyridine rings is 1. The van der Waals surface area contributed by atoms with Crippen molar-refractivity contribution < 1.29 is 32.9 Å². The summed E-state index contributed by atoms with van der Waals surface area (Å²) in [4.78, 5) is 19.5. The molecule has 3 aliphatic rings. The van der Waals surface area contributed by atoms with E-state index in [1.807, 2.05) is 11.0 Å². The molecule has 0 aliphatic carbocycles. The van der Waals surface area contributed by atoms with Crippen LogP contribution in [0.15, 0.2) is 30.3 Å². The maximum absolute atomic E-state index is 13.4. The molecule has 8 nitrogen and oxygen atoms in total. The number of rotatable bonds is 3. The van der Waals surface area contributed by atoms with Crippen molar-refractivity contribution in [2.24, 2.45) is 0 Å². The number of hydrogen-bond donors (Lipinski definition) is 2. The summed E-state index contributed by atoms with van der Waals surface area (Å²) in [5.74, 6) is 0.629. The fourth-order valence-electron chi connectivity index (χ4n) is 3.89. The number of aliphatic hydroxyl groups is 1. The van der Waals surface area contributed by atoms with Crippen LogP contribution in [0.4, 0.5) is 20.4 Å². The monoisotopic (exact) mass is 419 g/mol. The van der Waals surface area contributed by atoms with Gasteiger partial charge in [-0.1, -0.05) is 6.07 Å². The molecule has 0 saturated carbocycles. The first kappa shape index (κ1) is 18.9. The summed E-state index contributed by atoms with van der Waals surface area (Å²) in [6.07, 6.45) is -3.47. The molecule has 0 bridgehead atoms. The molecular formula is C20H19F2N3O5. The first-order valence-corrected chi connectivity index (χ1v) is 9.52. The van der Waals surface area contributed by atoms with E-state index in [-0.39, 0.29) is 18.1 Å². The van der Waals surface area contributed by atoms with E-state index < -0.39 is 23.7 Å². The molecule has 3 aliphatic heterocycles. The number of ether oxygens (including phenoxy) is 3. The third-order valence-corrected chi connectivity index (χ3v) is 5.58. The van der Waals surface area contributed by atoms with Crippen molar-refractivity contribution in [3.8, 4) is 17.2 Å². The summed E-state index contributed by atoms with van der Waals surface area (Å²) in [6.45, 7) is 2.87. The molecule has 1 aromatic heterocycles. The topological polar surface area (TPSA) is 93.2 Å². The van der Waals surface area contributed by atoms with Crippen LogP contribution in [0, 0.1) is 0 Å². The molecule has 0 radical (unpaired) electrons. The predicted octanol–water partition coefficient (Wildman–Crippen LogP) is 2.26. The summed E-state index contributed by atoms with van der Waals surface area (Å²) in [5.41, 5.74) is -0.702. The van der Waals surface area contributed by atoms with Gasteiger partial charge in [-0.05, 0) is 31.5 Å². The third-order valence-electron chi connectivity index (χ3n) is 5.58. The number of aromatic nitrogens is 1. The number of anilines is 2. The first-order valence-electron chi connectivity index (χ1n) is 9.52. The summed E-state index contributed by atoms with van der Waals surface area (Å²) < 4.78 is 41.3. The number of amides is 1. The Hall–Kier alpha value is -3.14. The first-order chi connectivity index (χ1) is 14.2. The van der Waals surface area contributed by atoms with Crippen LogP contribution < -0.4 is 24.4 Å². The van der Waals surface area contributed by atoms with Gasteiger partial charge in [-0.2, -0.15) is 0 Å². The molecule has 4 heterocycles. The highest BCUT2D eigenvalue weighted by molar-refractivity contribution is 5.99. The predicted molar refractivity (Wildman–Crippen MR) is 101 cm³/mol. The third kappa shape index (κ3) is 3.07. The molecule has 158 valence electrons. The van der Waals surface area contributed by atoms with Gasteiger partial charge in [0.1, 0.15) is 29.4 Å². The van der Waals surface area contributed by atoms with Crippen LogP contribution in [-0.4, -0.2) is 48.1 Å². The van der Waals surface area contributed by atoms with E-state index in [0.717, 1.165) is 0 Å². The molecule has 30 heavy (non-hydrogen) atoms. The van der Waals surface area contributed by atoms with E-state index in [2.05, 4.69) is 19.8 Å². The van der Waals surface area contributed by atoms with Crippen LogP contribution in [-0.2, 0) is 10.2 Å². The quantitative estimate of drug-likeness (QED) is 0.788. The summed E-state index contributed by atoms with van der Waals surface area (Å²) >= 11 is 0. The maximum Gasteiger partial charge on any atom is 0.586 e. The minimum Gasteiger partial charge on any atom is -0.492 e. The van der Waals surface area contributed by atoms with E-state index in [0.29, 0.717) is 42.5 Å². The van der Waals surface area contributed by atoms with Gasteiger partial charge in [0.15, 0.2) is 11.5 Å². The minimum atomic E-state index is -3.75. The molecule has 1 fully saturated rings. The number of alkyl halides is 2. The Bertz CT molecular complexity index is 1030. The average molecular weight is 419 g/mol. The fraction of sp³-hybridized carbons (Fsp3) is 0.400. The Morgan fingerprint density at radius 3 is 2.77 bits per heavy atom. The highest BCUT2D eigenvalue weighted by Gasteiger charge is 2.49. The van der Waals surface area contributed by atoms with E-state index >= 15 is 0 Å². The maximum atomic E-state index is 13.4. The lowest BCUT2D eigenvalue weighted by molar-refractivity contribution is -0.286. The second kappa shape index (κ2) is 6.43. The zero-order chi connectivity index (χ0) is 21.1. The molecular weight excluding hydrogens is 400 g/mol. The minimum absolute atomic E-state index is 0.0332. The van der Waals surface area contributed by atoms with E-state index in [1.54, 1.807) is 19.1 Å². The van der Waals surface area contributed by atoms with E-state index in [1.165, 1.54) is 12.1 Å². The fourth-order valence-corrected chi connectivity index (χ4v) is 3.89. The molecule has 0 unspecified atom stereocenters. The number of halogens is 2. The lowest BCUT2D eigenvalue weighted by Crippen LogP contribution is -2.39. The zero-order valence-corrected chi connectivity index (χ0v) is 16.0. The molecule has 2 N–H and O–H groups in total. The summed E-state index contributed by atoms with van der Waals surface area (Å²) in [6, 6.07) is 7.90. The number of nitrogens with zero attached hydrogens (tertiary/aromatic N) is 2. The normalized spacial score (nSPS) is 25.7. The van der Waals surface area contributed by atoms with Crippen LogP contribution in [0.5, 0.6) is 17.2 Å². The van der Waals surface area contributed by atoms with E-state index in [9.17, 15) is 18.7 Å². The van der Waals surface area contributed by atoms with Crippen LogP contribution in [0.3, 0.4) is 0 Å². The van der Waals surface area contributed by atoms with Gasteiger partial charge in [0.25, 0.3) is 0 Å². The molecule has 2 atom stereocenters. The number of carbonyl (C=O) groups is 1. The number of hydrogen-bond acceptors (Lipinski definition) is 7. The van der Waals surface area contributed by atoms with Crippen molar-refractivity contribution in [3.63, 3.8) is 0 Å². The molecule has 5 rings (SSSR count). The number of fused-ring (bicyclic) bond motifs is 2. The molecule has 2 aromatic rings. The van der Waals surface area contributed by atoms with Gasteiger partial charge in [-0.15, -0.1) is 8.78 Å². The number of carbonyl (C=O) groups excluding carboxylic acids is 1. The summed E-state index contributed by atoms with van der Waals surface area (Å²) in [5, 5.41) is 12.5. The van der Waals surface area contributed by atoms with E-state index in [4.69, 9.17) is 4.74 Å². The Morgan fingerprint density at radius 1 is 1.27 bits per heavy atom.